The molecule has 0 aliphatic carbocycles. The van der Waals surface area contributed by atoms with E-state index in [0.717, 1.165) is 108 Å². The Balaban J connectivity index is 5.26. The van der Waals surface area contributed by atoms with Gasteiger partial charge in [-0.15, -0.1) is 0 Å². The van der Waals surface area contributed by atoms with Gasteiger partial charge in [-0.25, -0.2) is 9.13 Å². The van der Waals surface area contributed by atoms with Crippen molar-refractivity contribution >= 4 is 39.5 Å². The van der Waals surface area contributed by atoms with E-state index in [1.165, 1.54) is 193 Å². The van der Waals surface area contributed by atoms with Crippen molar-refractivity contribution in [1.82, 2.24) is 0 Å². The minimum absolute atomic E-state index is 0.105. The number of unbranched alkanes of at least 4 members (excludes halogenated alkanes) is 41. The molecule has 0 aromatic carbocycles. The Kier molecular flexibility index (Phi) is 64.3. The topological polar surface area (TPSA) is 237 Å². The first-order valence-electron chi connectivity index (χ1n) is 38.8. The molecular weight excluding hydrogens is 1230 g/mol. The van der Waals surface area contributed by atoms with Gasteiger partial charge in [0.05, 0.1) is 26.4 Å². The second-order valence-electron chi connectivity index (χ2n) is 28.5. The summed E-state index contributed by atoms with van der Waals surface area (Å²) >= 11 is 0. The summed E-state index contributed by atoms with van der Waals surface area (Å²) in [5, 5.41) is 10.6. The van der Waals surface area contributed by atoms with Crippen LogP contribution in [0, 0.1) is 17.8 Å². The summed E-state index contributed by atoms with van der Waals surface area (Å²) in [5.74, 6) is 0.187. The second kappa shape index (κ2) is 65.7. The van der Waals surface area contributed by atoms with Gasteiger partial charge in [-0.2, -0.15) is 0 Å². The van der Waals surface area contributed by atoms with Gasteiger partial charge in [0.25, 0.3) is 0 Å². The Morgan fingerprint density at radius 2 is 0.489 bits per heavy atom. The first-order valence-corrected chi connectivity index (χ1v) is 41.8. The maximum atomic E-state index is 13.1. The van der Waals surface area contributed by atoms with Gasteiger partial charge in [-0.3, -0.25) is 37.3 Å². The summed E-state index contributed by atoms with van der Waals surface area (Å²) in [4.78, 5) is 72.8. The van der Waals surface area contributed by atoms with Gasteiger partial charge >= 0.3 is 39.5 Å². The van der Waals surface area contributed by atoms with Gasteiger partial charge < -0.3 is 33.8 Å². The molecule has 0 aromatic rings. The highest BCUT2D eigenvalue weighted by atomic mass is 31.2. The van der Waals surface area contributed by atoms with E-state index in [4.69, 9.17) is 37.0 Å². The molecule has 0 saturated carbocycles. The molecule has 3 N–H and O–H groups in total. The van der Waals surface area contributed by atoms with Crippen molar-refractivity contribution in [3.8, 4) is 0 Å². The third-order valence-corrected chi connectivity index (χ3v) is 19.3. The van der Waals surface area contributed by atoms with E-state index in [9.17, 15) is 43.2 Å². The Morgan fingerprint density at radius 3 is 0.723 bits per heavy atom. The van der Waals surface area contributed by atoms with Crippen molar-refractivity contribution in [3.05, 3.63) is 0 Å². The fraction of sp³-hybridized carbons (Fsp3) is 0.947. The molecule has 0 saturated heterocycles. The predicted octanol–water partition coefficient (Wildman–Crippen LogP) is 21.8. The molecule has 0 aliphatic rings. The summed E-state index contributed by atoms with van der Waals surface area (Å²) in [6.45, 7) is 11.9. The van der Waals surface area contributed by atoms with Gasteiger partial charge in [0, 0.05) is 25.7 Å². The highest BCUT2D eigenvalue weighted by Gasteiger charge is 2.30. The lowest BCUT2D eigenvalue weighted by molar-refractivity contribution is -0.161. The SMILES string of the molecule is CCCCCCCCCCCCCC(=O)OC[C@H](COP(=O)(O)OC[C@H](O)COP(=O)(O)OC[C@@H](COC(=O)CCCCCCCCCCCCCCC(C)C)OC(=O)CCCCCCCCCCCCCCCC(C)C)OC(=O)CCCCCCCCCCCC(C)C. The summed E-state index contributed by atoms with van der Waals surface area (Å²) < 4.78 is 68.5. The van der Waals surface area contributed by atoms with Crippen LogP contribution in [0.5, 0.6) is 0 Å². The zero-order valence-corrected chi connectivity index (χ0v) is 63.2. The molecule has 0 aromatic heterocycles. The quantitative estimate of drug-likeness (QED) is 0.0222. The van der Waals surface area contributed by atoms with Gasteiger partial charge in [0.1, 0.15) is 19.3 Å². The highest BCUT2D eigenvalue weighted by Crippen LogP contribution is 2.45. The average Bonchev–Trinajstić information content (AvgIpc) is 1.73. The van der Waals surface area contributed by atoms with Crippen molar-refractivity contribution in [3.63, 3.8) is 0 Å². The first-order chi connectivity index (χ1) is 45.2. The van der Waals surface area contributed by atoms with Crippen LogP contribution in [-0.2, 0) is 65.4 Å². The lowest BCUT2D eigenvalue weighted by Crippen LogP contribution is -2.30. The van der Waals surface area contributed by atoms with E-state index >= 15 is 0 Å². The number of phosphoric ester groups is 2. The van der Waals surface area contributed by atoms with Crippen LogP contribution in [-0.4, -0.2) is 96.7 Å². The zero-order chi connectivity index (χ0) is 69.4. The van der Waals surface area contributed by atoms with Crippen LogP contribution in [0.1, 0.15) is 382 Å². The molecule has 94 heavy (non-hydrogen) atoms. The predicted molar refractivity (Wildman–Crippen MR) is 381 cm³/mol. The zero-order valence-electron chi connectivity index (χ0n) is 61.4. The minimum atomic E-state index is -4.96. The molecule has 0 amide bonds. The molecular formula is C75H146O17P2. The summed E-state index contributed by atoms with van der Waals surface area (Å²) in [6, 6.07) is 0. The Labute approximate surface area is 575 Å². The number of ether oxygens (including phenoxy) is 4. The molecule has 19 heteroatoms. The van der Waals surface area contributed by atoms with Crippen LogP contribution >= 0.6 is 15.6 Å². The lowest BCUT2D eigenvalue weighted by Gasteiger charge is -2.21. The van der Waals surface area contributed by atoms with E-state index in [2.05, 4.69) is 48.5 Å². The second-order valence-corrected chi connectivity index (χ2v) is 31.4. The maximum Gasteiger partial charge on any atom is 0.472 e. The lowest BCUT2D eigenvalue weighted by atomic mass is 10.0. The number of esters is 4. The van der Waals surface area contributed by atoms with Crippen LogP contribution in [0.25, 0.3) is 0 Å². The van der Waals surface area contributed by atoms with E-state index in [1.807, 2.05) is 0 Å². The van der Waals surface area contributed by atoms with Crippen molar-refractivity contribution in [2.75, 3.05) is 39.6 Å². The van der Waals surface area contributed by atoms with Crippen molar-refractivity contribution in [2.45, 2.75) is 401 Å². The van der Waals surface area contributed by atoms with Gasteiger partial charge in [0.2, 0.25) is 0 Å². The Bertz CT molecular complexity index is 1840. The van der Waals surface area contributed by atoms with E-state index in [-0.39, 0.29) is 25.7 Å². The third-order valence-electron chi connectivity index (χ3n) is 17.4. The number of phosphoric acid groups is 2. The van der Waals surface area contributed by atoms with Crippen molar-refractivity contribution < 1.29 is 80.2 Å². The Morgan fingerprint density at radius 1 is 0.287 bits per heavy atom. The van der Waals surface area contributed by atoms with Crippen LogP contribution in [0.3, 0.4) is 0 Å². The number of aliphatic hydroxyl groups is 1. The molecule has 0 fully saturated rings. The van der Waals surface area contributed by atoms with Crippen LogP contribution in [0.15, 0.2) is 0 Å². The molecule has 0 heterocycles. The molecule has 0 bridgehead atoms. The molecule has 0 radical (unpaired) electrons. The highest BCUT2D eigenvalue weighted by molar-refractivity contribution is 7.47. The number of aliphatic hydroxyl groups excluding tert-OH is 1. The first kappa shape index (κ1) is 92.1. The van der Waals surface area contributed by atoms with Crippen LogP contribution in [0.2, 0.25) is 0 Å². The fourth-order valence-electron chi connectivity index (χ4n) is 11.4. The molecule has 0 aliphatic heterocycles. The number of hydrogen-bond acceptors (Lipinski definition) is 15. The van der Waals surface area contributed by atoms with Crippen molar-refractivity contribution in [2.24, 2.45) is 17.8 Å². The molecule has 558 valence electrons. The molecule has 0 spiro atoms. The number of hydrogen-bond donors (Lipinski definition) is 3. The van der Waals surface area contributed by atoms with Crippen LogP contribution < -0.4 is 0 Å². The largest absolute Gasteiger partial charge is 0.472 e. The smallest absolute Gasteiger partial charge is 0.462 e. The summed E-state index contributed by atoms with van der Waals surface area (Å²) in [5.41, 5.74) is 0. The molecule has 2 unspecified atom stereocenters. The molecule has 17 nitrogen and oxygen atoms in total. The fourth-order valence-corrected chi connectivity index (χ4v) is 13.0. The average molecular weight is 1380 g/mol. The minimum Gasteiger partial charge on any atom is -0.462 e. The third kappa shape index (κ3) is 68.6. The monoisotopic (exact) mass is 1380 g/mol. The van der Waals surface area contributed by atoms with E-state index in [1.54, 1.807) is 0 Å². The standard InChI is InChI=1S/C75H146O17P2/c1-8-9-10-11-12-13-19-28-35-42-49-56-72(77)85-63-71(92-75(80)59-52-45-38-31-24-27-34-41-48-55-68(6)7)65-90-94(83,84)88-61-69(76)60-87-93(81,82)89-64-70(62-86-73(78)57-50-43-36-29-22-18-17-21-26-33-40-47-54-67(4)5)91-74(79)58-51-44-37-30-23-16-14-15-20-25-32-39-46-53-66(2)3/h66-71,76H,8-65H2,1-7H3,(H,81,82)(H,83,84)/t69-,70-,71-/m1/s1. The normalized spacial score (nSPS) is 14.1. The van der Waals surface area contributed by atoms with Gasteiger partial charge in [-0.05, 0) is 43.4 Å². The molecule has 5 atom stereocenters. The van der Waals surface area contributed by atoms with E-state index in [0.29, 0.717) is 25.7 Å². The number of rotatable bonds is 73. The Hall–Kier alpha value is -1.94. The number of carbonyl (C=O) groups excluding carboxylic acids is 4. The molecule has 0 rings (SSSR count). The van der Waals surface area contributed by atoms with Gasteiger partial charge in [-0.1, -0.05) is 331 Å². The van der Waals surface area contributed by atoms with Crippen LogP contribution in [0.4, 0.5) is 0 Å². The summed E-state index contributed by atoms with van der Waals surface area (Å²) in [7, 11) is -9.91. The number of carbonyl (C=O) groups is 4. The summed E-state index contributed by atoms with van der Waals surface area (Å²) in [6.07, 6.45) is 51.2. The van der Waals surface area contributed by atoms with E-state index < -0.39 is 97.5 Å². The van der Waals surface area contributed by atoms with Gasteiger partial charge in [0.15, 0.2) is 12.2 Å². The maximum absolute atomic E-state index is 13.1. The van der Waals surface area contributed by atoms with Crippen molar-refractivity contribution in [1.29, 1.82) is 0 Å².